The van der Waals surface area contributed by atoms with Crippen molar-refractivity contribution in [3.63, 3.8) is 0 Å². The van der Waals surface area contributed by atoms with E-state index < -0.39 is 5.91 Å². The average Bonchev–Trinajstić information content (AvgIpc) is 2.70. The van der Waals surface area contributed by atoms with E-state index in [4.69, 9.17) is 5.73 Å². The topological polar surface area (TPSA) is 90.0 Å². The Morgan fingerprint density at radius 2 is 2.11 bits per heavy atom. The fraction of sp³-hybridized carbons (Fsp3) is 0.462. The van der Waals surface area contributed by atoms with Gasteiger partial charge in [0.25, 0.3) is 5.91 Å². The number of carbonyl (C=O) groups excluding carboxylic acids is 2. The summed E-state index contributed by atoms with van der Waals surface area (Å²) < 4.78 is 1.36. The highest BCUT2D eigenvalue weighted by Gasteiger charge is 2.27. The van der Waals surface area contributed by atoms with Crippen molar-refractivity contribution >= 4 is 17.5 Å². The highest BCUT2D eigenvalue weighted by Crippen LogP contribution is 2.26. The predicted molar refractivity (Wildman–Crippen MR) is 71.4 cm³/mol. The number of aryl methyl sites for hydroxylation is 1. The molecule has 6 heteroatoms. The lowest BCUT2D eigenvalue weighted by atomic mass is 9.84. The van der Waals surface area contributed by atoms with E-state index in [0.717, 1.165) is 12.8 Å². The minimum absolute atomic E-state index is 0.0778. The van der Waals surface area contributed by atoms with Crippen molar-refractivity contribution in [2.45, 2.75) is 19.8 Å². The maximum absolute atomic E-state index is 12.2. The number of primary amides is 1. The monoisotopic (exact) mass is 262 g/mol. The molecule has 0 saturated carbocycles. The Bertz CT molecular complexity index is 533. The van der Waals surface area contributed by atoms with Gasteiger partial charge in [-0.2, -0.15) is 5.10 Å². The van der Waals surface area contributed by atoms with Crippen molar-refractivity contribution in [2.75, 3.05) is 5.32 Å². The SMILES string of the molecule is CC1CC=CCC1C(=O)Nc1cnn(C)c1C(N)=O. The van der Waals surface area contributed by atoms with E-state index in [0.29, 0.717) is 11.6 Å². The molecule has 3 N–H and O–H groups in total. The molecular weight excluding hydrogens is 244 g/mol. The molecule has 0 saturated heterocycles. The van der Waals surface area contributed by atoms with Gasteiger partial charge in [0.15, 0.2) is 0 Å². The number of anilines is 1. The lowest BCUT2D eigenvalue weighted by Crippen LogP contribution is -2.30. The first kappa shape index (κ1) is 13.3. The summed E-state index contributed by atoms with van der Waals surface area (Å²) in [7, 11) is 1.61. The summed E-state index contributed by atoms with van der Waals surface area (Å²) >= 11 is 0. The molecule has 2 rings (SSSR count). The molecule has 1 aromatic rings. The third-order valence-electron chi connectivity index (χ3n) is 3.52. The molecule has 2 unspecified atom stereocenters. The number of hydrogen-bond acceptors (Lipinski definition) is 3. The third kappa shape index (κ3) is 2.67. The second kappa shape index (κ2) is 5.26. The van der Waals surface area contributed by atoms with Gasteiger partial charge in [-0.15, -0.1) is 0 Å². The van der Waals surface area contributed by atoms with Crippen LogP contribution in [-0.2, 0) is 11.8 Å². The van der Waals surface area contributed by atoms with E-state index in [9.17, 15) is 9.59 Å². The number of rotatable bonds is 3. The molecule has 19 heavy (non-hydrogen) atoms. The van der Waals surface area contributed by atoms with Gasteiger partial charge in [0.1, 0.15) is 5.69 Å². The number of carbonyl (C=O) groups is 2. The van der Waals surface area contributed by atoms with Crippen LogP contribution >= 0.6 is 0 Å². The minimum Gasteiger partial charge on any atom is -0.364 e. The minimum atomic E-state index is -0.605. The molecular formula is C13H18N4O2. The zero-order chi connectivity index (χ0) is 14.0. The Labute approximate surface area is 111 Å². The van der Waals surface area contributed by atoms with Crippen LogP contribution in [0, 0.1) is 11.8 Å². The van der Waals surface area contributed by atoms with E-state index in [2.05, 4.69) is 16.5 Å². The van der Waals surface area contributed by atoms with E-state index in [1.165, 1.54) is 10.9 Å². The van der Waals surface area contributed by atoms with Crippen LogP contribution in [0.15, 0.2) is 18.3 Å². The predicted octanol–water partition coefficient (Wildman–Crippen LogP) is 1.06. The Kier molecular flexibility index (Phi) is 3.69. The van der Waals surface area contributed by atoms with Crippen LogP contribution in [0.2, 0.25) is 0 Å². The molecule has 2 atom stereocenters. The van der Waals surface area contributed by atoms with Gasteiger partial charge < -0.3 is 11.1 Å². The molecule has 1 heterocycles. The number of allylic oxidation sites excluding steroid dienone is 2. The first-order valence-electron chi connectivity index (χ1n) is 6.28. The maximum atomic E-state index is 12.2. The summed E-state index contributed by atoms with van der Waals surface area (Å²) in [6, 6.07) is 0. The molecule has 0 bridgehead atoms. The number of hydrogen-bond donors (Lipinski definition) is 2. The van der Waals surface area contributed by atoms with Gasteiger partial charge in [-0.05, 0) is 18.8 Å². The lowest BCUT2D eigenvalue weighted by molar-refractivity contribution is -0.121. The van der Waals surface area contributed by atoms with Crippen molar-refractivity contribution in [1.29, 1.82) is 0 Å². The van der Waals surface area contributed by atoms with E-state index >= 15 is 0 Å². The Morgan fingerprint density at radius 1 is 1.42 bits per heavy atom. The van der Waals surface area contributed by atoms with Crippen LogP contribution in [0.5, 0.6) is 0 Å². The van der Waals surface area contributed by atoms with Crippen LogP contribution in [0.25, 0.3) is 0 Å². The first-order valence-corrected chi connectivity index (χ1v) is 6.28. The zero-order valence-electron chi connectivity index (χ0n) is 11.1. The molecule has 1 aliphatic carbocycles. The van der Waals surface area contributed by atoms with Gasteiger partial charge in [0.05, 0.1) is 11.9 Å². The summed E-state index contributed by atoms with van der Waals surface area (Å²) in [5.74, 6) is -0.483. The average molecular weight is 262 g/mol. The summed E-state index contributed by atoms with van der Waals surface area (Å²) in [5, 5.41) is 6.70. The summed E-state index contributed by atoms with van der Waals surface area (Å²) in [5.41, 5.74) is 5.87. The van der Waals surface area contributed by atoms with E-state index in [1.54, 1.807) is 7.05 Å². The van der Waals surface area contributed by atoms with Crippen molar-refractivity contribution < 1.29 is 9.59 Å². The molecule has 0 fully saturated rings. The Balaban J connectivity index is 2.15. The van der Waals surface area contributed by atoms with E-state index in [1.807, 2.05) is 13.0 Å². The largest absolute Gasteiger partial charge is 0.364 e. The Hall–Kier alpha value is -2.11. The van der Waals surface area contributed by atoms with Gasteiger partial charge >= 0.3 is 0 Å². The standard InChI is InChI=1S/C13H18N4O2/c1-8-5-3-4-6-9(8)13(19)16-10-7-15-17(2)11(10)12(14)18/h3-4,7-9H,5-6H2,1-2H3,(H2,14,18)(H,16,19). The molecule has 1 aromatic heterocycles. The quantitative estimate of drug-likeness (QED) is 0.798. The number of nitrogens with two attached hydrogens (primary N) is 1. The molecule has 0 radical (unpaired) electrons. The molecule has 0 aromatic carbocycles. The molecule has 6 nitrogen and oxygen atoms in total. The van der Waals surface area contributed by atoms with Crippen LogP contribution in [0.3, 0.4) is 0 Å². The number of aromatic nitrogens is 2. The second-order valence-electron chi connectivity index (χ2n) is 4.91. The fourth-order valence-electron chi connectivity index (χ4n) is 2.36. The molecule has 2 amide bonds. The van der Waals surface area contributed by atoms with Gasteiger partial charge in [0.2, 0.25) is 5.91 Å². The van der Waals surface area contributed by atoms with Crippen molar-refractivity contribution in [3.05, 3.63) is 24.0 Å². The van der Waals surface area contributed by atoms with Gasteiger partial charge in [-0.3, -0.25) is 14.3 Å². The van der Waals surface area contributed by atoms with Gasteiger partial charge in [0, 0.05) is 13.0 Å². The Morgan fingerprint density at radius 3 is 2.74 bits per heavy atom. The number of nitrogens with zero attached hydrogens (tertiary/aromatic N) is 2. The number of amides is 2. The summed E-state index contributed by atoms with van der Waals surface area (Å²) in [6.45, 7) is 2.05. The van der Waals surface area contributed by atoms with Crippen LogP contribution in [0.1, 0.15) is 30.3 Å². The maximum Gasteiger partial charge on any atom is 0.269 e. The highest BCUT2D eigenvalue weighted by atomic mass is 16.2. The van der Waals surface area contributed by atoms with Gasteiger partial charge in [-0.25, -0.2) is 0 Å². The van der Waals surface area contributed by atoms with Crippen LogP contribution in [-0.4, -0.2) is 21.6 Å². The molecule has 102 valence electrons. The van der Waals surface area contributed by atoms with Gasteiger partial charge in [-0.1, -0.05) is 19.1 Å². The fourth-order valence-corrected chi connectivity index (χ4v) is 2.36. The van der Waals surface area contributed by atoms with E-state index in [-0.39, 0.29) is 17.5 Å². The smallest absolute Gasteiger partial charge is 0.269 e. The lowest BCUT2D eigenvalue weighted by Gasteiger charge is -2.24. The first-order chi connectivity index (χ1) is 9.00. The molecule has 0 aliphatic heterocycles. The van der Waals surface area contributed by atoms with Crippen molar-refractivity contribution in [3.8, 4) is 0 Å². The summed E-state index contributed by atoms with van der Waals surface area (Å²) in [4.78, 5) is 23.6. The third-order valence-corrected chi connectivity index (χ3v) is 3.52. The molecule has 1 aliphatic rings. The zero-order valence-corrected chi connectivity index (χ0v) is 11.1. The highest BCUT2D eigenvalue weighted by molar-refractivity contribution is 6.02. The molecule has 0 spiro atoms. The number of nitrogens with one attached hydrogen (secondary N) is 1. The van der Waals surface area contributed by atoms with Crippen molar-refractivity contribution in [2.24, 2.45) is 24.6 Å². The normalized spacial score (nSPS) is 22.2. The van der Waals surface area contributed by atoms with Crippen LogP contribution < -0.4 is 11.1 Å². The summed E-state index contributed by atoms with van der Waals surface area (Å²) in [6.07, 6.45) is 7.17. The van der Waals surface area contributed by atoms with Crippen molar-refractivity contribution in [1.82, 2.24) is 9.78 Å². The van der Waals surface area contributed by atoms with Crippen LogP contribution in [0.4, 0.5) is 5.69 Å². The second-order valence-corrected chi connectivity index (χ2v) is 4.91.